The standard InChI is InChI=1S/C21H23N7O3S2/c1-12-8-14(6-7-16(12)27-10-21(2,11-29)17(30)26-27)23-18(31)22-13-4-3-5-15(9-13)28-19(32)24-25-20(28)33/h3-9,29H,10-11H2,1-2H3,(H,24,32)(H,25,33)(H,26,30)(H2,22,23,31). The number of hydrogen-bond donors (Lipinski definition) is 6. The van der Waals surface area contributed by atoms with Crippen molar-refractivity contribution in [2.45, 2.75) is 24.2 Å². The number of carbonyl (C=O) groups excluding carboxylic acids is 2. The third kappa shape index (κ3) is 4.63. The molecule has 1 unspecified atom stereocenters. The number of amides is 3. The van der Waals surface area contributed by atoms with Crippen molar-refractivity contribution in [1.82, 2.24) is 20.2 Å². The van der Waals surface area contributed by atoms with Gasteiger partial charge in [0.25, 0.3) is 0 Å². The second-order valence-corrected chi connectivity index (χ2v) is 8.81. The summed E-state index contributed by atoms with van der Waals surface area (Å²) in [4.78, 5) is 24.7. The highest BCUT2D eigenvalue weighted by Crippen LogP contribution is 2.30. The average molecular weight is 486 g/mol. The summed E-state index contributed by atoms with van der Waals surface area (Å²) in [6, 6.07) is 12.1. The Morgan fingerprint density at radius 1 is 1.15 bits per heavy atom. The largest absolute Gasteiger partial charge is 0.395 e. The van der Waals surface area contributed by atoms with Crippen LogP contribution in [0.1, 0.15) is 12.5 Å². The molecule has 1 fully saturated rings. The van der Waals surface area contributed by atoms with Crippen LogP contribution in [0.3, 0.4) is 0 Å². The van der Waals surface area contributed by atoms with Crippen molar-refractivity contribution < 1.29 is 14.7 Å². The van der Waals surface area contributed by atoms with E-state index in [4.69, 9.17) is 0 Å². The first-order valence-electron chi connectivity index (χ1n) is 10.0. The molecule has 172 valence electrons. The van der Waals surface area contributed by atoms with E-state index in [2.05, 4.69) is 51.5 Å². The third-order valence-electron chi connectivity index (χ3n) is 5.38. The summed E-state index contributed by atoms with van der Waals surface area (Å²) in [7, 11) is 0. The second kappa shape index (κ2) is 8.96. The number of hydrogen-bond acceptors (Lipinski definition) is 8. The molecule has 12 heteroatoms. The lowest BCUT2D eigenvalue weighted by Gasteiger charge is -2.22. The van der Waals surface area contributed by atoms with E-state index in [0.29, 0.717) is 33.9 Å². The first kappa shape index (κ1) is 23.0. The molecule has 4 N–H and O–H groups in total. The molecule has 10 nitrogen and oxygen atoms in total. The monoisotopic (exact) mass is 485 g/mol. The summed E-state index contributed by atoms with van der Waals surface area (Å²) in [5, 5.41) is 25.3. The lowest BCUT2D eigenvalue weighted by Crippen LogP contribution is -2.34. The van der Waals surface area contributed by atoms with E-state index < -0.39 is 11.4 Å². The predicted molar refractivity (Wildman–Crippen MR) is 130 cm³/mol. The zero-order chi connectivity index (χ0) is 23.8. The minimum Gasteiger partial charge on any atom is -0.395 e. The van der Waals surface area contributed by atoms with Gasteiger partial charge in [0.1, 0.15) is 0 Å². The molecule has 0 radical (unpaired) electrons. The van der Waals surface area contributed by atoms with Gasteiger partial charge >= 0.3 is 6.03 Å². The van der Waals surface area contributed by atoms with Crippen molar-refractivity contribution in [1.29, 1.82) is 0 Å². The van der Waals surface area contributed by atoms with Gasteiger partial charge in [0.05, 0.1) is 29.9 Å². The van der Waals surface area contributed by atoms with Crippen molar-refractivity contribution in [3.05, 3.63) is 48.0 Å². The summed E-state index contributed by atoms with van der Waals surface area (Å²) in [6.07, 6.45) is 0. The van der Waals surface area contributed by atoms with Crippen molar-refractivity contribution in [2.75, 3.05) is 28.8 Å². The van der Waals surface area contributed by atoms with Gasteiger partial charge in [0.2, 0.25) is 5.91 Å². The molecule has 1 aliphatic rings. The Labute approximate surface area is 201 Å². The number of aliphatic hydroxyl groups excluding tert-OH is 1. The van der Waals surface area contributed by atoms with Crippen molar-refractivity contribution >= 4 is 54.3 Å². The van der Waals surface area contributed by atoms with Gasteiger partial charge < -0.3 is 15.7 Å². The predicted octanol–water partition coefficient (Wildman–Crippen LogP) is 2.65. The van der Waals surface area contributed by atoms with Gasteiger partial charge in [-0.15, -0.1) is 35.5 Å². The third-order valence-corrected chi connectivity index (χ3v) is 5.96. The number of rotatable bonds is 5. The molecule has 0 bridgehead atoms. The molecule has 3 aromatic rings. The van der Waals surface area contributed by atoms with Crippen LogP contribution in [-0.2, 0) is 4.79 Å². The first-order valence-corrected chi connectivity index (χ1v) is 10.9. The van der Waals surface area contributed by atoms with Crippen LogP contribution in [0, 0.1) is 12.3 Å². The van der Waals surface area contributed by atoms with Crippen LogP contribution >= 0.6 is 25.3 Å². The molecule has 3 amide bonds. The molecule has 33 heavy (non-hydrogen) atoms. The SMILES string of the molecule is Cc1cc(NC(=O)Nc2cccc(-n3c(S)nnc3S)c2)ccc1N1CC(C)(CO)C(=O)N1. The topological polar surface area (TPSA) is 124 Å². The highest BCUT2D eigenvalue weighted by molar-refractivity contribution is 7.80. The second-order valence-electron chi connectivity index (χ2n) is 8.01. The van der Waals surface area contributed by atoms with Crippen LogP contribution in [0.4, 0.5) is 21.9 Å². The summed E-state index contributed by atoms with van der Waals surface area (Å²) in [6.45, 7) is 3.70. The summed E-state index contributed by atoms with van der Waals surface area (Å²) >= 11 is 8.54. The number of benzene rings is 2. The summed E-state index contributed by atoms with van der Waals surface area (Å²) in [5.74, 6) is -0.227. The number of aromatic nitrogens is 3. The Hall–Kier alpha value is -3.22. The van der Waals surface area contributed by atoms with Crippen molar-refractivity contribution in [3.8, 4) is 5.69 Å². The zero-order valence-corrected chi connectivity index (χ0v) is 19.7. The highest BCUT2D eigenvalue weighted by Gasteiger charge is 2.42. The Kier molecular flexibility index (Phi) is 6.23. The Morgan fingerprint density at radius 3 is 2.42 bits per heavy atom. The number of carbonyl (C=O) groups is 2. The lowest BCUT2D eigenvalue weighted by atomic mass is 9.92. The van der Waals surface area contributed by atoms with E-state index >= 15 is 0 Å². The molecular weight excluding hydrogens is 462 g/mol. The number of nitrogens with one attached hydrogen (secondary N) is 3. The van der Waals surface area contributed by atoms with Crippen LogP contribution in [0.15, 0.2) is 52.8 Å². The minimum atomic E-state index is -0.855. The summed E-state index contributed by atoms with van der Waals surface area (Å²) < 4.78 is 1.64. The number of aryl methyl sites for hydroxylation is 1. The fourth-order valence-corrected chi connectivity index (χ4v) is 4.13. The smallest absolute Gasteiger partial charge is 0.323 e. The molecule has 0 saturated carbocycles. The van der Waals surface area contributed by atoms with Crippen molar-refractivity contribution in [2.24, 2.45) is 5.41 Å². The maximum absolute atomic E-state index is 12.6. The Bertz CT molecular complexity index is 1210. The number of aliphatic hydroxyl groups is 1. The number of urea groups is 1. The van der Waals surface area contributed by atoms with Gasteiger partial charge in [-0.05, 0) is 55.8 Å². The van der Waals surface area contributed by atoms with Gasteiger partial charge in [-0.3, -0.25) is 19.8 Å². The van der Waals surface area contributed by atoms with E-state index in [1.165, 1.54) is 0 Å². The minimum absolute atomic E-state index is 0.227. The molecule has 1 saturated heterocycles. The molecular formula is C21H23N7O3S2. The van der Waals surface area contributed by atoms with E-state index in [1.807, 2.05) is 25.1 Å². The number of thiol groups is 2. The maximum atomic E-state index is 12.6. The van der Waals surface area contributed by atoms with E-state index in [1.54, 1.807) is 40.8 Å². The van der Waals surface area contributed by atoms with Gasteiger partial charge in [-0.2, -0.15) is 0 Å². The molecule has 2 aromatic carbocycles. The van der Waals surface area contributed by atoms with E-state index in [0.717, 1.165) is 11.3 Å². The maximum Gasteiger partial charge on any atom is 0.323 e. The van der Waals surface area contributed by atoms with Crippen LogP contribution in [0.2, 0.25) is 0 Å². The quantitative estimate of drug-likeness (QED) is 0.309. The highest BCUT2D eigenvalue weighted by atomic mass is 32.1. The lowest BCUT2D eigenvalue weighted by molar-refractivity contribution is -0.128. The molecule has 0 aliphatic carbocycles. The number of anilines is 3. The van der Waals surface area contributed by atoms with Crippen LogP contribution < -0.4 is 21.1 Å². The average Bonchev–Trinajstić information content (AvgIpc) is 3.26. The van der Waals surface area contributed by atoms with Crippen LogP contribution in [-0.4, -0.2) is 45.0 Å². The molecule has 0 spiro atoms. The fraction of sp³-hybridized carbons (Fsp3) is 0.238. The van der Waals surface area contributed by atoms with E-state index in [9.17, 15) is 14.7 Å². The van der Waals surface area contributed by atoms with Crippen molar-refractivity contribution in [3.63, 3.8) is 0 Å². The van der Waals surface area contributed by atoms with Gasteiger partial charge in [0, 0.05) is 11.4 Å². The normalized spacial score (nSPS) is 17.7. The molecule has 4 rings (SSSR count). The van der Waals surface area contributed by atoms with Gasteiger partial charge in [-0.25, -0.2) is 4.79 Å². The Morgan fingerprint density at radius 2 is 1.82 bits per heavy atom. The molecule has 1 aliphatic heterocycles. The van der Waals surface area contributed by atoms with Crippen LogP contribution in [0.25, 0.3) is 5.69 Å². The van der Waals surface area contributed by atoms with Crippen LogP contribution in [0.5, 0.6) is 0 Å². The number of hydrazine groups is 1. The molecule has 2 heterocycles. The summed E-state index contributed by atoms with van der Waals surface area (Å²) in [5.41, 5.74) is 5.43. The first-order chi connectivity index (χ1) is 15.7. The molecule has 1 aromatic heterocycles. The molecule has 1 atom stereocenters. The fourth-order valence-electron chi connectivity index (χ4n) is 3.54. The number of nitrogens with zero attached hydrogens (tertiary/aromatic N) is 4. The Balaban J connectivity index is 1.44. The van der Waals surface area contributed by atoms with Gasteiger partial charge in [0.15, 0.2) is 10.3 Å². The van der Waals surface area contributed by atoms with Gasteiger partial charge in [-0.1, -0.05) is 6.07 Å². The van der Waals surface area contributed by atoms with E-state index in [-0.39, 0.29) is 12.5 Å². The zero-order valence-electron chi connectivity index (χ0n) is 17.9.